The first-order valence-corrected chi connectivity index (χ1v) is 4.64. The second-order valence-electron chi connectivity index (χ2n) is 2.66. The molecule has 1 aromatic carbocycles. The summed E-state index contributed by atoms with van der Waals surface area (Å²) in [6.07, 6.45) is -4.77. The quantitative estimate of drug-likeness (QED) is 0.778. The summed E-state index contributed by atoms with van der Waals surface area (Å²) in [6, 6.07) is 1.37. The molecule has 2 N–H and O–H groups in total. The zero-order chi connectivity index (χ0) is 11.8. The predicted octanol–water partition coefficient (Wildman–Crippen LogP) is 2.71. The fourth-order valence-corrected chi connectivity index (χ4v) is 1.56. The number of hydrogen-bond donors (Lipinski definition) is 2. The Morgan fingerprint density at radius 3 is 2.27 bits per heavy atom. The van der Waals surface area contributed by atoms with Crippen molar-refractivity contribution in [1.29, 1.82) is 0 Å². The fourth-order valence-electron chi connectivity index (χ4n) is 0.939. The number of aromatic hydroxyl groups is 1. The van der Waals surface area contributed by atoms with Gasteiger partial charge in [-0.25, -0.2) is 4.79 Å². The summed E-state index contributed by atoms with van der Waals surface area (Å²) in [5.74, 6) is -2.42. The number of alkyl halides is 3. The summed E-state index contributed by atoms with van der Waals surface area (Å²) in [7, 11) is 0. The Balaban J connectivity index is 3.45. The summed E-state index contributed by atoms with van der Waals surface area (Å²) in [4.78, 5) is 10.5. The van der Waals surface area contributed by atoms with Gasteiger partial charge in [0.05, 0.1) is 14.7 Å². The van der Waals surface area contributed by atoms with Crippen LogP contribution in [0.25, 0.3) is 0 Å². The van der Waals surface area contributed by atoms with E-state index in [9.17, 15) is 18.0 Å². The Labute approximate surface area is 95.7 Å². The van der Waals surface area contributed by atoms with Crippen LogP contribution in [0.3, 0.4) is 0 Å². The lowest BCUT2D eigenvalue weighted by Crippen LogP contribution is -2.09. The third-order valence-corrected chi connectivity index (χ3v) is 2.44. The molecule has 0 saturated heterocycles. The summed E-state index contributed by atoms with van der Waals surface area (Å²) in [5.41, 5.74) is -1.85. The van der Waals surface area contributed by atoms with E-state index in [0.29, 0.717) is 6.07 Å². The number of carboxylic acids is 1. The van der Waals surface area contributed by atoms with E-state index in [1.807, 2.05) is 0 Å². The Kier molecular flexibility index (Phi) is 3.12. The molecule has 0 amide bonds. The van der Waals surface area contributed by atoms with Crippen LogP contribution < -0.4 is 0 Å². The monoisotopic (exact) mass is 332 g/mol. The zero-order valence-corrected chi connectivity index (χ0v) is 9.13. The second-order valence-corrected chi connectivity index (χ2v) is 3.82. The molecule has 0 bridgehead atoms. The van der Waals surface area contributed by atoms with Crippen molar-refractivity contribution in [3.63, 3.8) is 0 Å². The van der Waals surface area contributed by atoms with Gasteiger partial charge in [0.1, 0.15) is 5.75 Å². The highest BCUT2D eigenvalue weighted by molar-refractivity contribution is 14.1. The largest absolute Gasteiger partial charge is 0.506 e. The molecule has 0 fully saturated rings. The van der Waals surface area contributed by atoms with Crippen molar-refractivity contribution in [1.82, 2.24) is 0 Å². The van der Waals surface area contributed by atoms with Gasteiger partial charge in [0.2, 0.25) is 0 Å². The van der Waals surface area contributed by atoms with Crippen molar-refractivity contribution in [2.75, 3.05) is 0 Å². The van der Waals surface area contributed by atoms with Crippen molar-refractivity contribution in [2.45, 2.75) is 6.18 Å². The summed E-state index contributed by atoms with van der Waals surface area (Å²) >= 11 is 1.44. The summed E-state index contributed by atoms with van der Waals surface area (Å²) in [6.45, 7) is 0. The van der Waals surface area contributed by atoms with Crippen LogP contribution in [0, 0.1) is 3.57 Å². The third kappa shape index (κ3) is 2.52. The predicted molar refractivity (Wildman–Crippen MR) is 52.8 cm³/mol. The van der Waals surface area contributed by atoms with E-state index >= 15 is 0 Å². The molecule has 3 nitrogen and oxygen atoms in total. The van der Waals surface area contributed by atoms with Crippen molar-refractivity contribution in [3.05, 3.63) is 26.8 Å². The van der Waals surface area contributed by atoms with Crippen LogP contribution in [0.2, 0.25) is 0 Å². The third-order valence-electron chi connectivity index (χ3n) is 1.62. The van der Waals surface area contributed by atoms with Crippen molar-refractivity contribution in [3.8, 4) is 5.75 Å². The molecule has 82 valence electrons. The number of benzene rings is 1. The minimum absolute atomic E-state index is 0.153. The molecule has 0 unspecified atom stereocenters. The number of rotatable bonds is 1. The van der Waals surface area contributed by atoms with Gasteiger partial charge in [-0.3, -0.25) is 0 Å². The van der Waals surface area contributed by atoms with E-state index in [2.05, 4.69) is 0 Å². The van der Waals surface area contributed by atoms with Crippen LogP contribution in [0.4, 0.5) is 13.2 Å². The molecule has 0 aromatic heterocycles. The number of phenolic OH excluding ortho intramolecular Hbond substituents is 1. The molecule has 15 heavy (non-hydrogen) atoms. The lowest BCUT2D eigenvalue weighted by atomic mass is 10.1. The highest BCUT2D eigenvalue weighted by Crippen LogP contribution is 2.38. The highest BCUT2D eigenvalue weighted by atomic mass is 127. The number of carboxylic acid groups (broad SMARTS) is 1. The Morgan fingerprint density at radius 2 is 1.87 bits per heavy atom. The Bertz CT molecular complexity index is 414. The summed E-state index contributed by atoms with van der Waals surface area (Å²) in [5, 5.41) is 17.7. The maximum absolute atomic E-state index is 12.3. The second kappa shape index (κ2) is 3.87. The Morgan fingerprint density at radius 1 is 1.33 bits per heavy atom. The van der Waals surface area contributed by atoms with E-state index in [-0.39, 0.29) is 3.57 Å². The first-order chi connectivity index (χ1) is 6.73. The van der Waals surface area contributed by atoms with Gasteiger partial charge >= 0.3 is 12.1 Å². The van der Waals surface area contributed by atoms with Crippen molar-refractivity contribution >= 4 is 28.6 Å². The Hall–Kier alpha value is -0.990. The van der Waals surface area contributed by atoms with E-state index in [4.69, 9.17) is 10.2 Å². The van der Waals surface area contributed by atoms with Gasteiger partial charge in [0.15, 0.2) is 0 Å². The zero-order valence-electron chi connectivity index (χ0n) is 6.97. The molecule has 7 heteroatoms. The first kappa shape index (κ1) is 12.1. The van der Waals surface area contributed by atoms with Crippen LogP contribution in [0.1, 0.15) is 15.9 Å². The molecule has 0 radical (unpaired) electrons. The lowest BCUT2D eigenvalue weighted by Gasteiger charge is -2.10. The molecular formula is C8H4F3IO3. The van der Waals surface area contributed by atoms with E-state index < -0.39 is 29.0 Å². The number of phenols is 1. The molecule has 0 heterocycles. The molecule has 0 spiro atoms. The van der Waals surface area contributed by atoms with Gasteiger partial charge in [0.25, 0.3) is 0 Å². The normalized spacial score (nSPS) is 11.5. The van der Waals surface area contributed by atoms with E-state index in [1.54, 1.807) is 0 Å². The van der Waals surface area contributed by atoms with Gasteiger partial charge in [-0.2, -0.15) is 13.2 Å². The molecule has 0 aliphatic carbocycles. The fraction of sp³-hybridized carbons (Fsp3) is 0.125. The standard InChI is InChI=1S/C8H4F3IO3/c9-8(10,11)4-1-3(7(14)15)2-5(12)6(4)13/h1-2,13H,(H,14,15). The maximum atomic E-state index is 12.3. The molecule has 0 atom stereocenters. The molecule has 0 saturated carbocycles. The van der Waals surface area contributed by atoms with Gasteiger partial charge < -0.3 is 10.2 Å². The van der Waals surface area contributed by atoms with Crippen LogP contribution >= 0.6 is 22.6 Å². The van der Waals surface area contributed by atoms with Gasteiger partial charge in [-0.05, 0) is 34.7 Å². The summed E-state index contributed by atoms with van der Waals surface area (Å²) < 4.78 is 36.8. The van der Waals surface area contributed by atoms with Gasteiger partial charge in [0, 0.05) is 0 Å². The first-order valence-electron chi connectivity index (χ1n) is 3.56. The minimum atomic E-state index is -4.77. The highest BCUT2D eigenvalue weighted by Gasteiger charge is 2.35. The van der Waals surface area contributed by atoms with E-state index in [1.165, 1.54) is 22.6 Å². The molecule has 0 aliphatic rings. The molecule has 0 aliphatic heterocycles. The van der Waals surface area contributed by atoms with Crippen LogP contribution in [-0.4, -0.2) is 16.2 Å². The van der Waals surface area contributed by atoms with Gasteiger partial charge in [-0.15, -0.1) is 0 Å². The topological polar surface area (TPSA) is 57.5 Å². The SMILES string of the molecule is O=C(O)c1cc(I)c(O)c(C(F)(F)F)c1. The molecule has 1 rings (SSSR count). The van der Waals surface area contributed by atoms with Gasteiger partial charge in [-0.1, -0.05) is 0 Å². The van der Waals surface area contributed by atoms with Crippen LogP contribution in [-0.2, 0) is 6.18 Å². The maximum Gasteiger partial charge on any atom is 0.420 e. The minimum Gasteiger partial charge on any atom is -0.506 e. The number of aromatic carboxylic acids is 1. The van der Waals surface area contributed by atoms with Crippen LogP contribution in [0.5, 0.6) is 5.75 Å². The molecule has 1 aromatic rings. The van der Waals surface area contributed by atoms with Crippen molar-refractivity contribution in [2.24, 2.45) is 0 Å². The number of carbonyl (C=O) groups is 1. The lowest BCUT2D eigenvalue weighted by molar-refractivity contribution is -0.138. The number of hydrogen-bond acceptors (Lipinski definition) is 2. The average molecular weight is 332 g/mol. The smallest absolute Gasteiger partial charge is 0.420 e. The van der Waals surface area contributed by atoms with Crippen molar-refractivity contribution < 1.29 is 28.2 Å². The van der Waals surface area contributed by atoms with Crippen LogP contribution in [0.15, 0.2) is 12.1 Å². The molecular weight excluding hydrogens is 328 g/mol. The van der Waals surface area contributed by atoms with E-state index in [0.717, 1.165) is 6.07 Å². The number of halogens is 4. The average Bonchev–Trinajstić information content (AvgIpc) is 2.06.